The van der Waals surface area contributed by atoms with Gasteiger partial charge < -0.3 is 15.3 Å². The van der Waals surface area contributed by atoms with Crippen molar-refractivity contribution in [2.45, 2.75) is 20.3 Å². The van der Waals surface area contributed by atoms with Gasteiger partial charge in [0.15, 0.2) is 0 Å². The fourth-order valence-corrected chi connectivity index (χ4v) is 0.525. The Morgan fingerprint density at radius 1 is 1.27 bits per heavy atom. The highest BCUT2D eigenvalue weighted by Crippen LogP contribution is 1.87. The number of nitrogens with zero attached hydrogens (tertiary/aromatic N) is 1. The standard InChI is InChI=1S/C9H14N2O4/c1-3-7(10)11-15-9(13)6-5-8(12)14-4-2/h5-6H,3-4H2,1-2H3,(H2,10,11)/b6-5+. The van der Waals surface area contributed by atoms with Gasteiger partial charge in [0.25, 0.3) is 0 Å². The zero-order valence-corrected chi connectivity index (χ0v) is 8.73. The van der Waals surface area contributed by atoms with Crippen molar-refractivity contribution in [3.05, 3.63) is 12.2 Å². The van der Waals surface area contributed by atoms with Crippen molar-refractivity contribution in [2.24, 2.45) is 10.9 Å². The summed E-state index contributed by atoms with van der Waals surface area (Å²) in [7, 11) is 0. The molecule has 0 saturated carbocycles. The summed E-state index contributed by atoms with van der Waals surface area (Å²) in [6, 6.07) is 0. The largest absolute Gasteiger partial charge is 0.463 e. The molecule has 0 amide bonds. The first-order valence-corrected chi connectivity index (χ1v) is 4.48. The molecule has 0 unspecified atom stereocenters. The average Bonchev–Trinajstić information content (AvgIpc) is 2.23. The van der Waals surface area contributed by atoms with E-state index in [0.29, 0.717) is 6.42 Å². The molecule has 0 rings (SSSR count). The number of hydrogen-bond donors (Lipinski definition) is 1. The minimum atomic E-state index is -0.778. The van der Waals surface area contributed by atoms with Crippen LogP contribution in [0.3, 0.4) is 0 Å². The lowest BCUT2D eigenvalue weighted by atomic mass is 10.5. The Balaban J connectivity index is 3.98. The van der Waals surface area contributed by atoms with Gasteiger partial charge in [0, 0.05) is 18.6 Å². The lowest BCUT2D eigenvalue weighted by Crippen LogP contribution is -2.11. The van der Waals surface area contributed by atoms with Crippen LogP contribution in [0.15, 0.2) is 17.3 Å². The summed E-state index contributed by atoms with van der Waals surface area (Å²) in [6.07, 6.45) is 2.36. The third-order valence-electron chi connectivity index (χ3n) is 1.26. The number of ether oxygens (including phenoxy) is 1. The van der Waals surface area contributed by atoms with Gasteiger partial charge in [0.1, 0.15) is 5.84 Å². The van der Waals surface area contributed by atoms with E-state index in [1.54, 1.807) is 13.8 Å². The van der Waals surface area contributed by atoms with Crippen LogP contribution in [0.2, 0.25) is 0 Å². The lowest BCUT2D eigenvalue weighted by molar-refractivity contribution is -0.140. The zero-order chi connectivity index (χ0) is 11.7. The smallest absolute Gasteiger partial charge is 0.358 e. The van der Waals surface area contributed by atoms with Crippen molar-refractivity contribution in [2.75, 3.05) is 6.61 Å². The minimum absolute atomic E-state index is 0.202. The Hall–Kier alpha value is -1.85. The van der Waals surface area contributed by atoms with Crippen LogP contribution in [0.25, 0.3) is 0 Å². The van der Waals surface area contributed by atoms with Gasteiger partial charge in [-0.05, 0) is 6.92 Å². The first kappa shape index (κ1) is 13.2. The molecule has 0 aromatic heterocycles. The molecule has 0 radical (unpaired) electrons. The molecule has 6 heteroatoms. The molecule has 0 spiro atoms. The summed E-state index contributed by atoms with van der Waals surface area (Å²) < 4.78 is 4.55. The van der Waals surface area contributed by atoms with Crippen LogP contribution in [0.1, 0.15) is 20.3 Å². The van der Waals surface area contributed by atoms with Crippen LogP contribution in [-0.4, -0.2) is 24.4 Å². The fourth-order valence-electron chi connectivity index (χ4n) is 0.525. The minimum Gasteiger partial charge on any atom is -0.463 e. The van der Waals surface area contributed by atoms with Crippen LogP contribution in [0, 0.1) is 0 Å². The van der Waals surface area contributed by atoms with Gasteiger partial charge in [-0.25, -0.2) is 9.59 Å². The Morgan fingerprint density at radius 3 is 2.40 bits per heavy atom. The summed E-state index contributed by atoms with van der Waals surface area (Å²) in [4.78, 5) is 26.0. The first-order valence-electron chi connectivity index (χ1n) is 4.48. The second-order valence-electron chi connectivity index (χ2n) is 2.43. The van der Waals surface area contributed by atoms with Crippen LogP contribution in [0.4, 0.5) is 0 Å². The maximum absolute atomic E-state index is 10.9. The third-order valence-corrected chi connectivity index (χ3v) is 1.26. The first-order chi connectivity index (χ1) is 7.10. The molecule has 0 fully saturated rings. The highest BCUT2D eigenvalue weighted by Gasteiger charge is 1.99. The summed E-state index contributed by atoms with van der Waals surface area (Å²) in [6.45, 7) is 3.68. The van der Waals surface area contributed by atoms with E-state index in [1.807, 2.05) is 0 Å². The number of esters is 1. The molecule has 0 aromatic rings. The molecule has 2 N–H and O–H groups in total. The van der Waals surface area contributed by atoms with Gasteiger partial charge >= 0.3 is 11.9 Å². The number of nitrogens with two attached hydrogens (primary N) is 1. The molecule has 0 aliphatic carbocycles. The highest BCUT2D eigenvalue weighted by atomic mass is 16.7. The third kappa shape index (κ3) is 7.24. The molecular weight excluding hydrogens is 200 g/mol. The van der Waals surface area contributed by atoms with Crippen molar-refractivity contribution >= 4 is 17.8 Å². The average molecular weight is 214 g/mol. The van der Waals surface area contributed by atoms with E-state index in [4.69, 9.17) is 5.73 Å². The van der Waals surface area contributed by atoms with Crippen LogP contribution >= 0.6 is 0 Å². The zero-order valence-electron chi connectivity index (χ0n) is 8.73. The van der Waals surface area contributed by atoms with E-state index in [1.165, 1.54) is 0 Å². The van der Waals surface area contributed by atoms with Crippen molar-refractivity contribution in [1.82, 2.24) is 0 Å². The monoisotopic (exact) mass is 214 g/mol. The Kier molecular flexibility index (Phi) is 6.61. The van der Waals surface area contributed by atoms with Gasteiger partial charge in [0.2, 0.25) is 0 Å². The predicted molar refractivity (Wildman–Crippen MR) is 53.8 cm³/mol. The van der Waals surface area contributed by atoms with E-state index in [-0.39, 0.29) is 12.4 Å². The summed E-state index contributed by atoms with van der Waals surface area (Å²) in [5.74, 6) is -1.19. The second kappa shape index (κ2) is 7.54. The quantitative estimate of drug-likeness (QED) is 0.178. The van der Waals surface area contributed by atoms with Crippen LogP contribution in [-0.2, 0) is 19.2 Å². The molecule has 0 aliphatic heterocycles. The Bertz CT molecular complexity index is 284. The van der Waals surface area contributed by atoms with Crippen LogP contribution < -0.4 is 5.73 Å². The molecule has 15 heavy (non-hydrogen) atoms. The summed E-state index contributed by atoms with van der Waals surface area (Å²) >= 11 is 0. The lowest BCUT2D eigenvalue weighted by Gasteiger charge is -1.95. The van der Waals surface area contributed by atoms with Gasteiger partial charge in [0.05, 0.1) is 6.61 Å². The van der Waals surface area contributed by atoms with E-state index in [0.717, 1.165) is 12.2 Å². The number of carbonyl (C=O) groups excluding carboxylic acids is 2. The van der Waals surface area contributed by atoms with Crippen molar-refractivity contribution in [3.8, 4) is 0 Å². The Labute approximate surface area is 87.7 Å². The molecule has 0 atom stereocenters. The number of carbonyl (C=O) groups is 2. The van der Waals surface area contributed by atoms with E-state index in [2.05, 4.69) is 14.7 Å². The Morgan fingerprint density at radius 2 is 1.87 bits per heavy atom. The van der Waals surface area contributed by atoms with E-state index in [9.17, 15) is 9.59 Å². The molecule has 0 bridgehead atoms. The molecule has 84 valence electrons. The van der Waals surface area contributed by atoms with E-state index < -0.39 is 11.9 Å². The maximum Gasteiger partial charge on any atom is 0.358 e. The molecular formula is C9H14N2O4. The second-order valence-corrected chi connectivity index (χ2v) is 2.43. The molecule has 0 heterocycles. The summed E-state index contributed by atoms with van der Waals surface area (Å²) in [5.41, 5.74) is 5.28. The highest BCUT2D eigenvalue weighted by molar-refractivity contribution is 5.92. The predicted octanol–water partition coefficient (Wildman–Crippen LogP) is 0.331. The fraction of sp³-hybridized carbons (Fsp3) is 0.444. The number of oxime groups is 1. The van der Waals surface area contributed by atoms with Crippen molar-refractivity contribution in [1.29, 1.82) is 0 Å². The van der Waals surface area contributed by atoms with Gasteiger partial charge in [-0.1, -0.05) is 12.1 Å². The van der Waals surface area contributed by atoms with Crippen LogP contribution in [0.5, 0.6) is 0 Å². The number of rotatable bonds is 5. The van der Waals surface area contributed by atoms with Crippen molar-refractivity contribution in [3.63, 3.8) is 0 Å². The number of amidine groups is 1. The van der Waals surface area contributed by atoms with Crippen molar-refractivity contribution < 1.29 is 19.2 Å². The SMILES string of the molecule is CCOC(=O)/C=C/C(=O)O/N=C(\N)CC. The van der Waals surface area contributed by atoms with Gasteiger partial charge in [-0.15, -0.1) is 0 Å². The topological polar surface area (TPSA) is 91.0 Å². The molecule has 6 nitrogen and oxygen atoms in total. The molecule has 0 aromatic carbocycles. The molecule has 0 aliphatic rings. The number of hydrogen-bond acceptors (Lipinski definition) is 5. The van der Waals surface area contributed by atoms with Gasteiger partial charge in [-0.2, -0.15) is 0 Å². The normalized spacial score (nSPS) is 11.5. The summed E-state index contributed by atoms with van der Waals surface area (Å²) in [5, 5.41) is 3.31. The van der Waals surface area contributed by atoms with E-state index >= 15 is 0 Å². The van der Waals surface area contributed by atoms with Gasteiger partial charge in [-0.3, -0.25) is 0 Å². The molecule has 0 saturated heterocycles. The maximum atomic E-state index is 10.9.